The van der Waals surface area contributed by atoms with Crippen molar-refractivity contribution in [3.8, 4) is 0 Å². The molecule has 1 amide bonds. The van der Waals surface area contributed by atoms with E-state index in [-0.39, 0.29) is 11.2 Å². The van der Waals surface area contributed by atoms with Crippen LogP contribution in [0.2, 0.25) is 0 Å². The summed E-state index contributed by atoms with van der Waals surface area (Å²) in [5, 5.41) is 12.3. The molecule has 106 valence electrons. The van der Waals surface area contributed by atoms with Crippen LogP contribution < -0.4 is 5.32 Å². The number of rotatable bonds is 6. The SMILES string of the molecule is CC(C)CNC(=O)C(C)Sc1cccc(C(C)O)c1. The summed E-state index contributed by atoms with van der Waals surface area (Å²) in [6, 6.07) is 7.69. The molecule has 0 fully saturated rings. The van der Waals surface area contributed by atoms with Gasteiger partial charge in [-0.3, -0.25) is 4.79 Å². The van der Waals surface area contributed by atoms with Crippen molar-refractivity contribution in [1.29, 1.82) is 0 Å². The van der Waals surface area contributed by atoms with Gasteiger partial charge >= 0.3 is 0 Å². The van der Waals surface area contributed by atoms with Gasteiger partial charge in [0, 0.05) is 11.4 Å². The highest BCUT2D eigenvalue weighted by Gasteiger charge is 2.14. The highest BCUT2D eigenvalue weighted by molar-refractivity contribution is 8.00. The number of carbonyl (C=O) groups is 1. The molecule has 0 radical (unpaired) electrons. The minimum Gasteiger partial charge on any atom is -0.389 e. The van der Waals surface area contributed by atoms with Crippen LogP contribution in [0.15, 0.2) is 29.2 Å². The van der Waals surface area contributed by atoms with Crippen molar-refractivity contribution in [2.45, 2.75) is 43.9 Å². The number of carbonyl (C=O) groups excluding carboxylic acids is 1. The van der Waals surface area contributed by atoms with Gasteiger partial charge in [0.2, 0.25) is 5.91 Å². The number of thioether (sulfide) groups is 1. The van der Waals surface area contributed by atoms with Crippen LogP contribution in [0.5, 0.6) is 0 Å². The Hall–Kier alpha value is -1.00. The first-order valence-electron chi connectivity index (χ1n) is 6.62. The quantitative estimate of drug-likeness (QED) is 0.788. The van der Waals surface area contributed by atoms with E-state index < -0.39 is 6.10 Å². The lowest BCUT2D eigenvalue weighted by Gasteiger charge is -2.14. The summed E-state index contributed by atoms with van der Waals surface area (Å²) in [6.45, 7) is 8.49. The maximum absolute atomic E-state index is 11.9. The Morgan fingerprint density at radius 2 is 2.00 bits per heavy atom. The van der Waals surface area contributed by atoms with Gasteiger partial charge in [0.05, 0.1) is 11.4 Å². The van der Waals surface area contributed by atoms with E-state index in [1.807, 2.05) is 31.2 Å². The summed E-state index contributed by atoms with van der Waals surface area (Å²) in [6.07, 6.45) is -0.481. The van der Waals surface area contributed by atoms with Crippen LogP contribution in [0.25, 0.3) is 0 Å². The zero-order chi connectivity index (χ0) is 14.4. The second kappa shape index (κ2) is 7.56. The molecule has 1 aromatic rings. The standard InChI is InChI=1S/C15H23NO2S/c1-10(2)9-16-15(18)12(4)19-14-7-5-6-13(8-14)11(3)17/h5-8,10-12,17H,9H2,1-4H3,(H,16,18). The zero-order valence-electron chi connectivity index (χ0n) is 12.0. The van der Waals surface area contributed by atoms with E-state index in [9.17, 15) is 9.90 Å². The Bertz CT molecular complexity index is 418. The van der Waals surface area contributed by atoms with Crippen LogP contribution in [0, 0.1) is 5.92 Å². The largest absolute Gasteiger partial charge is 0.389 e. The molecule has 0 spiro atoms. The Morgan fingerprint density at radius 3 is 2.58 bits per heavy atom. The molecule has 0 saturated carbocycles. The third-order valence-electron chi connectivity index (χ3n) is 2.71. The zero-order valence-corrected chi connectivity index (χ0v) is 12.8. The van der Waals surface area contributed by atoms with E-state index in [1.54, 1.807) is 6.92 Å². The number of aliphatic hydroxyl groups is 1. The molecule has 4 heteroatoms. The molecule has 19 heavy (non-hydrogen) atoms. The molecule has 2 N–H and O–H groups in total. The van der Waals surface area contributed by atoms with Gasteiger partial charge in [0.25, 0.3) is 0 Å². The van der Waals surface area contributed by atoms with Crippen molar-refractivity contribution in [1.82, 2.24) is 5.32 Å². The number of nitrogens with one attached hydrogen (secondary N) is 1. The molecule has 3 nitrogen and oxygen atoms in total. The highest BCUT2D eigenvalue weighted by Crippen LogP contribution is 2.26. The number of hydrogen-bond acceptors (Lipinski definition) is 3. The topological polar surface area (TPSA) is 49.3 Å². The molecule has 0 saturated heterocycles. The monoisotopic (exact) mass is 281 g/mol. The summed E-state index contributed by atoms with van der Waals surface area (Å²) in [5.41, 5.74) is 0.875. The first-order chi connectivity index (χ1) is 8.90. The third-order valence-corrected chi connectivity index (χ3v) is 3.80. The van der Waals surface area contributed by atoms with E-state index >= 15 is 0 Å². The van der Waals surface area contributed by atoms with Gasteiger partial charge < -0.3 is 10.4 Å². The van der Waals surface area contributed by atoms with Crippen molar-refractivity contribution >= 4 is 17.7 Å². The van der Waals surface area contributed by atoms with Gasteiger partial charge in [0.1, 0.15) is 0 Å². The van der Waals surface area contributed by atoms with Gasteiger partial charge in [-0.25, -0.2) is 0 Å². The van der Waals surface area contributed by atoms with Crippen molar-refractivity contribution in [3.05, 3.63) is 29.8 Å². The molecule has 1 aromatic carbocycles. The van der Waals surface area contributed by atoms with Crippen LogP contribution >= 0.6 is 11.8 Å². The van der Waals surface area contributed by atoms with E-state index in [4.69, 9.17) is 0 Å². The molecule has 0 heterocycles. The molecule has 0 aromatic heterocycles. The first kappa shape index (κ1) is 16.1. The fourth-order valence-electron chi connectivity index (χ4n) is 1.55. The number of amides is 1. The van der Waals surface area contributed by atoms with Crippen molar-refractivity contribution < 1.29 is 9.90 Å². The summed E-state index contributed by atoms with van der Waals surface area (Å²) in [5.74, 6) is 0.515. The maximum atomic E-state index is 11.9. The summed E-state index contributed by atoms with van der Waals surface area (Å²) in [7, 11) is 0. The lowest BCUT2D eigenvalue weighted by atomic mass is 10.1. The van der Waals surface area contributed by atoms with Crippen molar-refractivity contribution in [3.63, 3.8) is 0 Å². The van der Waals surface area contributed by atoms with E-state index in [0.29, 0.717) is 12.5 Å². The number of aliphatic hydroxyl groups excluding tert-OH is 1. The normalized spacial score (nSPS) is 14.2. The van der Waals surface area contributed by atoms with Crippen molar-refractivity contribution in [2.75, 3.05) is 6.54 Å². The third kappa shape index (κ3) is 5.66. The van der Waals surface area contributed by atoms with Crippen LogP contribution in [-0.2, 0) is 4.79 Å². The van der Waals surface area contributed by atoms with Crippen LogP contribution in [0.4, 0.5) is 0 Å². The molecular formula is C15H23NO2S. The predicted molar refractivity (Wildman–Crippen MR) is 80.2 cm³/mol. The number of benzene rings is 1. The molecular weight excluding hydrogens is 258 g/mol. The molecule has 2 atom stereocenters. The van der Waals surface area contributed by atoms with E-state index in [0.717, 1.165) is 10.5 Å². The fourth-order valence-corrected chi connectivity index (χ4v) is 2.51. The Kier molecular flexibility index (Phi) is 6.38. The molecule has 0 aliphatic heterocycles. The minimum atomic E-state index is -0.481. The molecule has 0 aliphatic carbocycles. The molecule has 0 bridgehead atoms. The lowest BCUT2D eigenvalue weighted by molar-refractivity contribution is -0.120. The Balaban J connectivity index is 2.58. The van der Waals surface area contributed by atoms with Crippen LogP contribution in [0.3, 0.4) is 0 Å². The second-order valence-electron chi connectivity index (χ2n) is 5.15. The van der Waals surface area contributed by atoms with Gasteiger partial charge in [-0.05, 0) is 37.5 Å². The average molecular weight is 281 g/mol. The second-order valence-corrected chi connectivity index (χ2v) is 6.56. The smallest absolute Gasteiger partial charge is 0.233 e. The lowest BCUT2D eigenvalue weighted by Crippen LogP contribution is -2.33. The molecule has 2 unspecified atom stereocenters. The van der Waals surface area contributed by atoms with Gasteiger partial charge in [-0.1, -0.05) is 26.0 Å². The van der Waals surface area contributed by atoms with Crippen molar-refractivity contribution in [2.24, 2.45) is 5.92 Å². The average Bonchev–Trinajstić information content (AvgIpc) is 2.36. The van der Waals surface area contributed by atoms with Crippen LogP contribution in [0.1, 0.15) is 39.4 Å². The molecule has 1 rings (SSSR count). The summed E-state index contributed by atoms with van der Waals surface area (Å²) in [4.78, 5) is 12.9. The summed E-state index contributed by atoms with van der Waals surface area (Å²) >= 11 is 1.51. The van der Waals surface area contributed by atoms with Gasteiger partial charge in [-0.2, -0.15) is 0 Å². The molecule has 0 aliphatic rings. The van der Waals surface area contributed by atoms with Gasteiger partial charge in [-0.15, -0.1) is 11.8 Å². The predicted octanol–water partition coefficient (Wildman–Crippen LogP) is 2.99. The summed E-state index contributed by atoms with van der Waals surface area (Å²) < 4.78 is 0. The first-order valence-corrected chi connectivity index (χ1v) is 7.50. The number of hydrogen-bond donors (Lipinski definition) is 2. The fraction of sp³-hybridized carbons (Fsp3) is 0.533. The Labute approximate surface area is 119 Å². The maximum Gasteiger partial charge on any atom is 0.233 e. The Morgan fingerprint density at radius 1 is 1.32 bits per heavy atom. The van der Waals surface area contributed by atoms with E-state index in [2.05, 4.69) is 19.2 Å². The van der Waals surface area contributed by atoms with E-state index in [1.165, 1.54) is 11.8 Å². The minimum absolute atomic E-state index is 0.0566. The van der Waals surface area contributed by atoms with Crippen LogP contribution in [-0.4, -0.2) is 22.8 Å². The highest BCUT2D eigenvalue weighted by atomic mass is 32.2. The van der Waals surface area contributed by atoms with Gasteiger partial charge in [0.15, 0.2) is 0 Å².